The normalized spacial score (nSPS) is 18.5. The van der Waals surface area contributed by atoms with Gasteiger partial charge in [-0.05, 0) is 75.6 Å². The average molecular weight is 574 g/mol. The number of carbonyl (C=O) groups excluding carboxylic acids is 3. The van der Waals surface area contributed by atoms with Gasteiger partial charge < -0.3 is 19.4 Å². The first-order valence-corrected chi connectivity index (χ1v) is 14.6. The molecular weight excluding hydrogens is 530 g/mol. The largest absolute Gasteiger partial charge is 0.493 e. The molecule has 0 unspecified atom stereocenters. The highest BCUT2D eigenvalue weighted by atomic mass is 35.5. The minimum Gasteiger partial charge on any atom is -0.493 e. The first kappa shape index (κ1) is 31.5. The number of likely N-dealkylation sites (N-methyl/N-ethyl adjacent to an activating group) is 2. The molecule has 40 heavy (non-hydrogen) atoms. The topological polar surface area (TPSA) is 98.8 Å². The van der Waals surface area contributed by atoms with E-state index >= 15 is 0 Å². The molecule has 9 nitrogen and oxygen atoms in total. The molecular formula is C30H44ClN5O4. The lowest BCUT2D eigenvalue weighted by Crippen LogP contribution is -2.51. The number of aromatic nitrogens is 2. The molecule has 1 N–H and O–H groups in total. The predicted molar refractivity (Wildman–Crippen MR) is 157 cm³/mol. The number of carbonyl (C=O) groups is 3. The number of hydrogen-bond donors (Lipinski definition) is 1. The average Bonchev–Trinajstić information content (AvgIpc) is 3.24. The SMILES string of the molecule is Cc1n[nH]c(C)c1CCC(=O)N1CCCCOc2ccc(Cl)cc2C(=O)N(C)[C@@H](C(C)C)C(=O)N(C)CCCC1. The number of nitrogens with one attached hydrogen (secondary N) is 1. The number of benzene rings is 1. The zero-order valence-electron chi connectivity index (χ0n) is 24.8. The summed E-state index contributed by atoms with van der Waals surface area (Å²) in [4.78, 5) is 45.5. The van der Waals surface area contributed by atoms with Crippen LogP contribution in [0.25, 0.3) is 0 Å². The second-order valence-electron chi connectivity index (χ2n) is 11.1. The zero-order chi connectivity index (χ0) is 29.4. The smallest absolute Gasteiger partial charge is 0.258 e. The van der Waals surface area contributed by atoms with Gasteiger partial charge in [0.2, 0.25) is 11.8 Å². The van der Waals surface area contributed by atoms with Crippen LogP contribution in [0.3, 0.4) is 0 Å². The summed E-state index contributed by atoms with van der Waals surface area (Å²) in [5.74, 6) is 0.0498. The second-order valence-corrected chi connectivity index (χ2v) is 11.5. The van der Waals surface area contributed by atoms with Gasteiger partial charge in [-0.25, -0.2) is 0 Å². The van der Waals surface area contributed by atoms with Crippen molar-refractivity contribution in [1.29, 1.82) is 0 Å². The van der Waals surface area contributed by atoms with Crippen LogP contribution in [-0.2, 0) is 16.0 Å². The van der Waals surface area contributed by atoms with Gasteiger partial charge in [0.15, 0.2) is 0 Å². The number of aromatic amines is 1. The van der Waals surface area contributed by atoms with Crippen LogP contribution in [0.1, 0.15) is 73.3 Å². The maximum Gasteiger partial charge on any atom is 0.258 e. The van der Waals surface area contributed by atoms with Gasteiger partial charge in [0.25, 0.3) is 5.91 Å². The lowest BCUT2D eigenvalue weighted by Gasteiger charge is -2.33. The van der Waals surface area contributed by atoms with E-state index in [1.807, 2.05) is 32.6 Å². The molecule has 1 aromatic carbocycles. The van der Waals surface area contributed by atoms with Crippen LogP contribution in [-0.4, -0.2) is 89.0 Å². The molecule has 1 aliphatic heterocycles. The Morgan fingerprint density at radius 3 is 2.42 bits per heavy atom. The van der Waals surface area contributed by atoms with Gasteiger partial charge in [-0.2, -0.15) is 5.10 Å². The molecule has 0 aliphatic carbocycles. The summed E-state index contributed by atoms with van der Waals surface area (Å²) in [5.41, 5.74) is 3.38. The maximum absolute atomic E-state index is 13.6. The van der Waals surface area contributed by atoms with Gasteiger partial charge in [-0.3, -0.25) is 19.5 Å². The van der Waals surface area contributed by atoms with Gasteiger partial charge in [0.1, 0.15) is 11.8 Å². The highest BCUT2D eigenvalue weighted by Gasteiger charge is 2.33. The Morgan fingerprint density at radius 1 is 1.10 bits per heavy atom. The van der Waals surface area contributed by atoms with E-state index in [1.54, 1.807) is 37.2 Å². The van der Waals surface area contributed by atoms with E-state index in [2.05, 4.69) is 10.2 Å². The fourth-order valence-corrected chi connectivity index (χ4v) is 5.45. The molecule has 0 spiro atoms. The Kier molecular flexibility index (Phi) is 11.4. The summed E-state index contributed by atoms with van der Waals surface area (Å²) in [5, 5.41) is 7.66. The first-order valence-electron chi connectivity index (χ1n) is 14.2. The van der Waals surface area contributed by atoms with Gasteiger partial charge in [0.05, 0.1) is 17.9 Å². The summed E-state index contributed by atoms with van der Waals surface area (Å²) in [6.45, 7) is 10.0. The van der Waals surface area contributed by atoms with Crippen LogP contribution in [0, 0.1) is 19.8 Å². The van der Waals surface area contributed by atoms with Crippen LogP contribution in [0.2, 0.25) is 5.02 Å². The van der Waals surface area contributed by atoms with Gasteiger partial charge >= 0.3 is 0 Å². The summed E-state index contributed by atoms with van der Waals surface area (Å²) in [6, 6.07) is 4.36. The number of ether oxygens (including phenoxy) is 1. The zero-order valence-corrected chi connectivity index (χ0v) is 25.5. The first-order chi connectivity index (χ1) is 19.0. The molecule has 0 saturated heterocycles. The lowest BCUT2D eigenvalue weighted by molar-refractivity contribution is -0.136. The number of rotatable bonds is 4. The molecule has 0 fully saturated rings. The Bertz CT molecular complexity index is 1160. The number of amides is 3. The van der Waals surface area contributed by atoms with Crippen molar-refractivity contribution in [3.8, 4) is 5.75 Å². The number of fused-ring (bicyclic) bond motifs is 1. The Labute approximate surface area is 243 Å². The van der Waals surface area contributed by atoms with E-state index in [4.69, 9.17) is 16.3 Å². The third-order valence-corrected chi connectivity index (χ3v) is 7.88. The summed E-state index contributed by atoms with van der Waals surface area (Å²) in [6.07, 6.45) is 4.13. The fourth-order valence-electron chi connectivity index (χ4n) is 5.28. The van der Waals surface area contributed by atoms with Crippen molar-refractivity contribution in [2.24, 2.45) is 5.92 Å². The molecule has 2 aromatic rings. The van der Waals surface area contributed by atoms with E-state index in [0.29, 0.717) is 55.4 Å². The highest BCUT2D eigenvalue weighted by molar-refractivity contribution is 6.31. The van der Waals surface area contributed by atoms with Crippen molar-refractivity contribution in [2.45, 2.75) is 72.3 Å². The standard InChI is InChI=1S/C30H44ClN5O4/c1-20(2)28-30(39)34(5)15-7-8-16-36(27(37)14-12-24-21(3)32-33-22(24)4)17-9-10-18-40-26-13-11-23(31)19-25(26)29(38)35(28)6/h11,13,19-20,28H,7-10,12,14-18H2,1-6H3,(H,32,33)/t28-/m0/s1. The number of hydrogen-bond acceptors (Lipinski definition) is 5. The molecule has 2 heterocycles. The lowest BCUT2D eigenvalue weighted by atomic mass is 10.00. The molecule has 0 saturated carbocycles. The predicted octanol–water partition coefficient (Wildman–Crippen LogP) is 4.65. The molecule has 1 aromatic heterocycles. The van der Waals surface area contributed by atoms with Crippen LogP contribution in [0.15, 0.2) is 18.2 Å². The van der Waals surface area contributed by atoms with Gasteiger partial charge in [-0.1, -0.05) is 25.4 Å². The van der Waals surface area contributed by atoms with Crippen molar-refractivity contribution in [2.75, 3.05) is 40.3 Å². The van der Waals surface area contributed by atoms with E-state index in [9.17, 15) is 14.4 Å². The van der Waals surface area contributed by atoms with E-state index in [-0.39, 0.29) is 23.6 Å². The summed E-state index contributed by atoms with van der Waals surface area (Å²) < 4.78 is 6.03. The minimum atomic E-state index is -0.632. The number of aryl methyl sites for hydroxylation is 2. The number of nitrogens with zero attached hydrogens (tertiary/aromatic N) is 4. The monoisotopic (exact) mass is 573 g/mol. The molecule has 1 aliphatic rings. The molecule has 10 heteroatoms. The summed E-state index contributed by atoms with van der Waals surface area (Å²) >= 11 is 6.25. The van der Waals surface area contributed by atoms with Crippen LogP contribution in [0.5, 0.6) is 5.75 Å². The van der Waals surface area contributed by atoms with Crippen molar-refractivity contribution in [3.05, 3.63) is 45.7 Å². The Hall–Kier alpha value is -3.07. The van der Waals surface area contributed by atoms with E-state index in [0.717, 1.165) is 42.6 Å². The second kappa shape index (κ2) is 14.5. The van der Waals surface area contributed by atoms with E-state index < -0.39 is 6.04 Å². The molecule has 1 atom stereocenters. The number of halogens is 1. The molecule has 0 radical (unpaired) electrons. The third kappa shape index (κ3) is 7.99. The molecule has 220 valence electrons. The maximum atomic E-state index is 13.6. The Balaban J connectivity index is 1.78. The van der Waals surface area contributed by atoms with E-state index in [1.165, 1.54) is 4.90 Å². The Morgan fingerprint density at radius 2 is 1.77 bits per heavy atom. The fraction of sp³-hybridized carbons (Fsp3) is 0.600. The quantitative estimate of drug-likeness (QED) is 0.574. The molecule has 0 bridgehead atoms. The van der Waals surface area contributed by atoms with Gasteiger partial charge in [0, 0.05) is 50.9 Å². The van der Waals surface area contributed by atoms with Gasteiger partial charge in [-0.15, -0.1) is 0 Å². The number of H-pyrrole nitrogens is 1. The van der Waals surface area contributed by atoms with Crippen LogP contribution in [0.4, 0.5) is 0 Å². The van der Waals surface area contributed by atoms with Crippen LogP contribution >= 0.6 is 11.6 Å². The molecule has 3 amide bonds. The van der Waals surface area contributed by atoms with Crippen molar-refractivity contribution in [1.82, 2.24) is 24.9 Å². The minimum absolute atomic E-state index is 0.0925. The summed E-state index contributed by atoms with van der Waals surface area (Å²) in [7, 11) is 3.43. The van der Waals surface area contributed by atoms with Crippen molar-refractivity contribution >= 4 is 29.3 Å². The third-order valence-electron chi connectivity index (χ3n) is 7.64. The van der Waals surface area contributed by atoms with Crippen molar-refractivity contribution in [3.63, 3.8) is 0 Å². The van der Waals surface area contributed by atoms with Crippen LogP contribution < -0.4 is 4.74 Å². The van der Waals surface area contributed by atoms with Crippen molar-refractivity contribution < 1.29 is 19.1 Å². The molecule has 3 rings (SSSR count). The highest BCUT2D eigenvalue weighted by Crippen LogP contribution is 2.26.